The van der Waals surface area contributed by atoms with Gasteiger partial charge in [-0.1, -0.05) is 48.8 Å². The van der Waals surface area contributed by atoms with Gasteiger partial charge in [0.25, 0.3) is 0 Å². The van der Waals surface area contributed by atoms with E-state index in [-0.39, 0.29) is 11.3 Å². The molecule has 0 aliphatic heterocycles. The Hall–Kier alpha value is -1.55. The maximum absolute atomic E-state index is 8.75. The van der Waals surface area contributed by atoms with Crippen molar-refractivity contribution in [2.75, 3.05) is 13.6 Å². The van der Waals surface area contributed by atoms with E-state index in [1.807, 2.05) is 13.8 Å². The molecule has 4 nitrogen and oxygen atoms in total. The van der Waals surface area contributed by atoms with Gasteiger partial charge in [-0.25, -0.2) is 0 Å². The van der Waals surface area contributed by atoms with Crippen LogP contribution in [-0.4, -0.2) is 29.5 Å². The minimum atomic E-state index is -0.282. The summed E-state index contributed by atoms with van der Waals surface area (Å²) < 4.78 is 0. The Kier molecular flexibility index (Phi) is 5.36. The molecule has 3 N–H and O–H groups in total. The second-order valence-corrected chi connectivity index (χ2v) is 5.85. The summed E-state index contributed by atoms with van der Waals surface area (Å²) in [6.45, 7) is 7.89. The van der Waals surface area contributed by atoms with Crippen molar-refractivity contribution in [3.8, 4) is 0 Å². The molecule has 0 spiro atoms. The first-order valence-electron chi connectivity index (χ1n) is 6.57. The Morgan fingerprint density at radius 3 is 2.68 bits per heavy atom. The van der Waals surface area contributed by atoms with E-state index in [9.17, 15) is 0 Å². The maximum Gasteiger partial charge on any atom is 0.144 e. The van der Waals surface area contributed by atoms with Crippen LogP contribution in [0.2, 0.25) is 0 Å². The summed E-state index contributed by atoms with van der Waals surface area (Å²) >= 11 is 0. The molecule has 0 bridgehead atoms. The highest BCUT2D eigenvalue weighted by molar-refractivity contribution is 5.85. The summed E-state index contributed by atoms with van der Waals surface area (Å²) in [6, 6.07) is 8.52. The third-order valence-electron chi connectivity index (χ3n) is 3.45. The molecule has 1 aromatic rings. The summed E-state index contributed by atoms with van der Waals surface area (Å²) in [5.41, 5.74) is 8.00. The Morgan fingerprint density at radius 1 is 1.42 bits per heavy atom. The fraction of sp³-hybridized carbons (Fsp3) is 0.533. The summed E-state index contributed by atoms with van der Waals surface area (Å²) in [4.78, 5) is 2.25. The van der Waals surface area contributed by atoms with Gasteiger partial charge in [-0.3, -0.25) is 0 Å². The van der Waals surface area contributed by atoms with Crippen LogP contribution in [0.5, 0.6) is 0 Å². The van der Waals surface area contributed by atoms with Gasteiger partial charge in [0, 0.05) is 12.0 Å². The zero-order valence-electron chi connectivity index (χ0n) is 12.3. The minimum absolute atomic E-state index is 0.282. The average Bonchev–Trinajstić information content (AvgIpc) is 2.35. The van der Waals surface area contributed by atoms with Crippen LogP contribution in [0.4, 0.5) is 0 Å². The Bertz CT molecular complexity index is 441. The summed E-state index contributed by atoms with van der Waals surface area (Å²) in [5.74, 6) is 0.288. The van der Waals surface area contributed by atoms with Crippen molar-refractivity contribution in [3.63, 3.8) is 0 Å². The topological polar surface area (TPSA) is 61.8 Å². The molecular formula is C15H25N3O. The molecule has 0 aliphatic rings. The number of rotatable bonds is 6. The first kappa shape index (κ1) is 15.5. The fourth-order valence-corrected chi connectivity index (χ4v) is 1.94. The van der Waals surface area contributed by atoms with Gasteiger partial charge in [-0.15, -0.1) is 0 Å². The lowest BCUT2D eigenvalue weighted by molar-refractivity contribution is 0.272. The molecule has 0 amide bonds. The third-order valence-corrected chi connectivity index (χ3v) is 3.45. The zero-order valence-corrected chi connectivity index (χ0v) is 12.3. The van der Waals surface area contributed by atoms with Gasteiger partial charge in [-0.2, -0.15) is 0 Å². The van der Waals surface area contributed by atoms with Gasteiger partial charge in [0.05, 0.1) is 0 Å². The van der Waals surface area contributed by atoms with E-state index in [1.54, 1.807) is 0 Å². The van der Waals surface area contributed by atoms with E-state index in [0.29, 0.717) is 0 Å². The lowest BCUT2D eigenvalue weighted by Gasteiger charge is -2.26. The Balaban J connectivity index is 2.50. The zero-order chi connectivity index (χ0) is 14.5. The van der Waals surface area contributed by atoms with Crippen molar-refractivity contribution in [3.05, 3.63) is 35.4 Å². The minimum Gasteiger partial charge on any atom is -0.409 e. The van der Waals surface area contributed by atoms with E-state index in [4.69, 9.17) is 10.9 Å². The largest absolute Gasteiger partial charge is 0.409 e. The molecule has 0 fully saturated rings. The van der Waals surface area contributed by atoms with Crippen LogP contribution in [0.3, 0.4) is 0 Å². The number of hydrogen-bond acceptors (Lipinski definition) is 3. The second-order valence-electron chi connectivity index (χ2n) is 5.85. The van der Waals surface area contributed by atoms with Gasteiger partial charge in [-0.05, 0) is 32.5 Å². The SMILES string of the molecule is Cc1cccc(CN(C)CCC(C)(C)C(N)=NO)c1. The first-order chi connectivity index (χ1) is 8.85. The van der Waals surface area contributed by atoms with E-state index < -0.39 is 0 Å². The molecular weight excluding hydrogens is 238 g/mol. The predicted molar refractivity (Wildman–Crippen MR) is 79.3 cm³/mol. The van der Waals surface area contributed by atoms with Crippen LogP contribution in [0, 0.1) is 12.3 Å². The number of amidine groups is 1. The van der Waals surface area contributed by atoms with E-state index in [0.717, 1.165) is 19.5 Å². The smallest absolute Gasteiger partial charge is 0.144 e. The van der Waals surface area contributed by atoms with Crippen molar-refractivity contribution >= 4 is 5.84 Å². The molecule has 1 rings (SSSR count). The molecule has 0 radical (unpaired) electrons. The van der Waals surface area contributed by atoms with E-state index in [2.05, 4.69) is 48.3 Å². The molecule has 0 atom stereocenters. The highest BCUT2D eigenvalue weighted by Crippen LogP contribution is 2.21. The molecule has 0 saturated heterocycles. The van der Waals surface area contributed by atoms with Gasteiger partial charge < -0.3 is 15.8 Å². The van der Waals surface area contributed by atoms with Gasteiger partial charge in [0.15, 0.2) is 0 Å². The fourth-order valence-electron chi connectivity index (χ4n) is 1.94. The van der Waals surface area contributed by atoms with Crippen molar-refractivity contribution in [2.45, 2.75) is 33.7 Å². The Morgan fingerprint density at radius 2 is 2.11 bits per heavy atom. The number of hydrogen-bond donors (Lipinski definition) is 2. The third kappa shape index (κ3) is 4.91. The van der Waals surface area contributed by atoms with E-state index in [1.165, 1.54) is 11.1 Å². The molecule has 0 aromatic heterocycles. The predicted octanol–water partition coefficient (Wildman–Crippen LogP) is 2.59. The molecule has 19 heavy (non-hydrogen) atoms. The van der Waals surface area contributed by atoms with Crippen molar-refractivity contribution in [1.29, 1.82) is 0 Å². The monoisotopic (exact) mass is 263 g/mol. The second kappa shape index (κ2) is 6.57. The Labute approximate surface area is 115 Å². The summed E-state index contributed by atoms with van der Waals surface area (Å²) in [5, 5.41) is 11.9. The molecule has 0 heterocycles. The van der Waals surface area contributed by atoms with Crippen LogP contribution >= 0.6 is 0 Å². The summed E-state index contributed by atoms with van der Waals surface area (Å²) in [7, 11) is 2.09. The number of benzene rings is 1. The molecule has 1 aromatic carbocycles. The van der Waals surface area contributed by atoms with Crippen LogP contribution in [-0.2, 0) is 6.54 Å². The number of nitrogens with zero attached hydrogens (tertiary/aromatic N) is 2. The highest BCUT2D eigenvalue weighted by Gasteiger charge is 2.23. The standard InChI is InChI=1S/C15H25N3O/c1-12-6-5-7-13(10-12)11-18(4)9-8-15(2,3)14(16)17-19/h5-7,10,19H,8-9,11H2,1-4H3,(H2,16,17). The number of aryl methyl sites for hydroxylation is 1. The molecule has 0 saturated carbocycles. The lowest BCUT2D eigenvalue weighted by atomic mass is 9.88. The molecule has 0 unspecified atom stereocenters. The van der Waals surface area contributed by atoms with E-state index >= 15 is 0 Å². The lowest BCUT2D eigenvalue weighted by Crippen LogP contribution is -2.35. The van der Waals surface area contributed by atoms with Crippen LogP contribution < -0.4 is 5.73 Å². The number of oxime groups is 1. The molecule has 0 aliphatic carbocycles. The van der Waals surface area contributed by atoms with Crippen LogP contribution in [0.15, 0.2) is 29.4 Å². The van der Waals surface area contributed by atoms with Gasteiger partial charge in [0.2, 0.25) is 0 Å². The van der Waals surface area contributed by atoms with Crippen LogP contribution in [0.1, 0.15) is 31.4 Å². The van der Waals surface area contributed by atoms with Gasteiger partial charge in [0.1, 0.15) is 5.84 Å². The maximum atomic E-state index is 8.75. The summed E-state index contributed by atoms with van der Waals surface area (Å²) in [6.07, 6.45) is 0.852. The highest BCUT2D eigenvalue weighted by atomic mass is 16.4. The van der Waals surface area contributed by atoms with Crippen molar-refractivity contribution in [1.82, 2.24) is 4.90 Å². The molecule has 4 heteroatoms. The normalized spacial score (nSPS) is 13.0. The van der Waals surface area contributed by atoms with Crippen LogP contribution in [0.25, 0.3) is 0 Å². The van der Waals surface area contributed by atoms with Crippen molar-refractivity contribution in [2.24, 2.45) is 16.3 Å². The first-order valence-corrected chi connectivity index (χ1v) is 6.57. The average molecular weight is 263 g/mol. The van der Waals surface area contributed by atoms with Crippen molar-refractivity contribution < 1.29 is 5.21 Å². The quantitative estimate of drug-likeness (QED) is 0.359. The molecule has 106 valence electrons. The van der Waals surface area contributed by atoms with Gasteiger partial charge >= 0.3 is 0 Å². The number of nitrogens with two attached hydrogens (primary N) is 1.